The molecule has 0 aromatic heterocycles. The van der Waals surface area contributed by atoms with Crippen molar-refractivity contribution in [1.82, 2.24) is 5.32 Å². The van der Waals surface area contributed by atoms with Crippen LogP contribution in [0.1, 0.15) is 32.3 Å². The monoisotopic (exact) mass is 298 g/mol. The molecule has 0 atom stereocenters. The fourth-order valence-corrected chi connectivity index (χ4v) is 3.45. The van der Waals surface area contributed by atoms with Crippen molar-refractivity contribution in [2.45, 2.75) is 33.2 Å². The van der Waals surface area contributed by atoms with Crippen molar-refractivity contribution < 1.29 is 8.78 Å². The van der Waals surface area contributed by atoms with Gasteiger partial charge >= 0.3 is 0 Å². The van der Waals surface area contributed by atoms with Crippen LogP contribution in [0.25, 0.3) is 0 Å². The molecule has 0 amide bonds. The molecule has 110 valence electrons. The quantitative estimate of drug-likeness (QED) is 0.910. The lowest BCUT2D eigenvalue weighted by atomic mass is 9.84. The molecule has 1 aliphatic heterocycles. The molecule has 2 nitrogen and oxygen atoms in total. The zero-order valence-electron chi connectivity index (χ0n) is 11.9. The first kappa shape index (κ1) is 15.3. The predicted molar refractivity (Wildman–Crippen MR) is 81.0 cm³/mol. The average Bonchev–Trinajstić information content (AvgIpc) is 2.47. The molecule has 1 aromatic rings. The second-order valence-electron chi connectivity index (χ2n) is 5.21. The highest BCUT2D eigenvalue weighted by Crippen LogP contribution is 2.34. The molecular formula is C15H20F2N2S. The van der Waals surface area contributed by atoms with E-state index in [0.29, 0.717) is 17.5 Å². The first-order chi connectivity index (χ1) is 9.58. The second-order valence-corrected chi connectivity index (χ2v) is 6.17. The Kier molecular flexibility index (Phi) is 5.02. The Morgan fingerprint density at radius 2 is 2.05 bits per heavy atom. The molecule has 0 spiro atoms. The number of rotatable bonds is 4. The fraction of sp³-hybridized carbons (Fsp3) is 0.533. The topological polar surface area (TPSA) is 24.4 Å². The number of aliphatic imine (C=N–C) groups is 1. The second kappa shape index (κ2) is 6.57. The van der Waals surface area contributed by atoms with Crippen molar-refractivity contribution in [3.8, 4) is 0 Å². The summed E-state index contributed by atoms with van der Waals surface area (Å²) in [6.07, 6.45) is 2.25. The molecule has 0 fully saturated rings. The van der Waals surface area contributed by atoms with Gasteiger partial charge < -0.3 is 5.32 Å². The Morgan fingerprint density at radius 3 is 2.60 bits per heavy atom. The van der Waals surface area contributed by atoms with Crippen molar-refractivity contribution in [3.63, 3.8) is 0 Å². The molecule has 20 heavy (non-hydrogen) atoms. The minimum atomic E-state index is -0.550. The van der Waals surface area contributed by atoms with Crippen LogP contribution < -0.4 is 5.32 Å². The maximum absolute atomic E-state index is 13.5. The van der Waals surface area contributed by atoms with Gasteiger partial charge in [-0.1, -0.05) is 31.7 Å². The van der Waals surface area contributed by atoms with E-state index in [0.717, 1.165) is 36.4 Å². The van der Waals surface area contributed by atoms with E-state index in [1.165, 1.54) is 12.1 Å². The van der Waals surface area contributed by atoms with Crippen LogP contribution in [-0.2, 0) is 6.54 Å². The summed E-state index contributed by atoms with van der Waals surface area (Å²) >= 11 is 1.69. The molecule has 0 saturated heterocycles. The maximum Gasteiger partial charge on any atom is 0.156 e. The van der Waals surface area contributed by atoms with Crippen molar-refractivity contribution in [2.24, 2.45) is 10.4 Å². The molecule has 0 aliphatic carbocycles. The summed E-state index contributed by atoms with van der Waals surface area (Å²) in [5.74, 6) is -0.0285. The molecule has 0 saturated carbocycles. The zero-order valence-corrected chi connectivity index (χ0v) is 12.7. The Morgan fingerprint density at radius 1 is 1.30 bits per heavy atom. The number of amidine groups is 1. The first-order valence-electron chi connectivity index (χ1n) is 6.93. The molecule has 0 radical (unpaired) electrons. The standard InChI is InChI=1S/C15H20F2N2S/c1-3-15(4-2)9-19-14(20-10-15)18-8-11-5-6-12(16)7-13(11)17/h5-7H,3-4,8-10H2,1-2H3,(H,18,19). The van der Waals surface area contributed by atoms with Gasteiger partial charge in [0.25, 0.3) is 0 Å². The average molecular weight is 298 g/mol. The number of nitrogens with one attached hydrogen (secondary N) is 1. The molecule has 1 N–H and O–H groups in total. The number of benzene rings is 1. The number of halogens is 2. The zero-order chi connectivity index (χ0) is 14.6. The summed E-state index contributed by atoms with van der Waals surface area (Å²) in [6.45, 7) is 5.56. The molecule has 1 aromatic carbocycles. The van der Waals surface area contributed by atoms with Gasteiger partial charge in [-0.25, -0.2) is 8.78 Å². The van der Waals surface area contributed by atoms with E-state index < -0.39 is 11.6 Å². The third-order valence-corrected chi connectivity index (χ3v) is 5.32. The number of thioether (sulfide) groups is 1. The smallest absolute Gasteiger partial charge is 0.156 e. The summed E-state index contributed by atoms with van der Waals surface area (Å²) < 4.78 is 26.3. The summed E-state index contributed by atoms with van der Waals surface area (Å²) in [7, 11) is 0. The molecule has 0 bridgehead atoms. The molecule has 2 rings (SSSR count). The number of nitrogens with zero attached hydrogens (tertiary/aromatic N) is 1. The van der Waals surface area contributed by atoms with Gasteiger partial charge in [0.15, 0.2) is 5.17 Å². The first-order valence-corrected chi connectivity index (χ1v) is 7.92. The molecule has 1 heterocycles. The third kappa shape index (κ3) is 3.51. The lowest BCUT2D eigenvalue weighted by molar-refractivity contribution is 0.318. The van der Waals surface area contributed by atoms with Gasteiger partial charge in [0.2, 0.25) is 0 Å². The van der Waals surface area contributed by atoms with E-state index in [2.05, 4.69) is 24.2 Å². The Balaban J connectivity index is 1.94. The van der Waals surface area contributed by atoms with Crippen LogP contribution >= 0.6 is 11.8 Å². The van der Waals surface area contributed by atoms with Gasteiger partial charge in [0.05, 0.1) is 0 Å². The van der Waals surface area contributed by atoms with Crippen molar-refractivity contribution in [2.75, 3.05) is 12.3 Å². The van der Waals surface area contributed by atoms with Gasteiger partial charge in [-0.3, -0.25) is 4.99 Å². The van der Waals surface area contributed by atoms with Crippen molar-refractivity contribution in [1.29, 1.82) is 0 Å². The lowest BCUT2D eigenvalue weighted by Gasteiger charge is -2.33. The number of hydrogen-bond acceptors (Lipinski definition) is 3. The summed E-state index contributed by atoms with van der Waals surface area (Å²) in [5, 5.41) is 3.99. The fourth-order valence-electron chi connectivity index (χ4n) is 2.17. The van der Waals surface area contributed by atoms with Crippen LogP contribution in [-0.4, -0.2) is 17.5 Å². The van der Waals surface area contributed by atoms with Crippen molar-refractivity contribution >= 4 is 16.9 Å². The van der Waals surface area contributed by atoms with E-state index in [9.17, 15) is 8.78 Å². The maximum atomic E-state index is 13.5. The van der Waals surface area contributed by atoms with Gasteiger partial charge in [-0.15, -0.1) is 0 Å². The van der Waals surface area contributed by atoms with Crippen LogP contribution in [0.5, 0.6) is 0 Å². The molecule has 1 aliphatic rings. The Bertz CT molecular complexity index is 499. The highest BCUT2D eigenvalue weighted by molar-refractivity contribution is 8.13. The summed E-state index contributed by atoms with van der Waals surface area (Å²) in [6, 6.07) is 3.65. The lowest BCUT2D eigenvalue weighted by Crippen LogP contribution is -2.34. The van der Waals surface area contributed by atoms with Gasteiger partial charge in [0, 0.05) is 30.5 Å². The minimum absolute atomic E-state index is 0.303. The highest BCUT2D eigenvalue weighted by Gasteiger charge is 2.29. The summed E-state index contributed by atoms with van der Waals surface area (Å²) in [5.41, 5.74) is 0.759. The van der Waals surface area contributed by atoms with Gasteiger partial charge in [-0.05, 0) is 24.3 Å². The van der Waals surface area contributed by atoms with Crippen LogP contribution in [0.4, 0.5) is 8.78 Å². The van der Waals surface area contributed by atoms with Crippen molar-refractivity contribution in [3.05, 3.63) is 35.4 Å². The number of hydrogen-bond donors (Lipinski definition) is 1. The Hall–Kier alpha value is -1.10. The van der Waals surface area contributed by atoms with E-state index in [1.54, 1.807) is 11.8 Å². The van der Waals surface area contributed by atoms with E-state index in [-0.39, 0.29) is 0 Å². The van der Waals surface area contributed by atoms with Crippen LogP contribution in [0.2, 0.25) is 0 Å². The SMILES string of the molecule is CCC1(CC)CN=C(NCc2ccc(F)cc2F)SC1. The normalized spacial score (nSPS) is 17.7. The van der Waals surface area contributed by atoms with E-state index >= 15 is 0 Å². The van der Waals surface area contributed by atoms with E-state index in [1.807, 2.05) is 0 Å². The third-order valence-electron chi connectivity index (χ3n) is 4.02. The highest BCUT2D eigenvalue weighted by atomic mass is 32.2. The molecule has 5 heteroatoms. The van der Waals surface area contributed by atoms with Gasteiger partial charge in [-0.2, -0.15) is 0 Å². The summed E-state index contributed by atoms with van der Waals surface area (Å²) in [4.78, 5) is 4.56. The molecular weight excluding hydrogens is 278 g/mol. The largest absolute Gasteiger partial charge is 0.361 e. The van der Waals surface area contributed by atoms with E-state index in [4.69, 9.17) is 0 Å². The minimum Gasteiger partial charge on any atom is -0.361 e. The van der Waals surface area contributed by atoms with Crippen LogP contribution in [0.15, 0.2) is 23.2 Å². The van der Waals surface area contributed by atoms with Gasteiger partial charge in [0.1, 0.15) is 11.6 Å². The van der Waals surface area contributed by atoms with Crippen LogP contribution in [0, 0.1) is 17.0 Å². The predicted octanol–water partition coefficient (Wildman–Crippen LogP) is 3.96. The molecule has 0 unspecified atom stereocenters. The Labute approximate surface area is 123 Å². The van der Waals surface area contributed by atoms with Crippen LogP contribution in [0.3, 0.4) is 0 Å².